The molecule has 1 aliphatic heterocycles. The zero-order valence-corrected chi connectivity index (χ0v) is 13.3. The van der Waals surface area contributed by atoms with E-state index in [2.05, 4.69) is 15.9 Å². The van der Waals surface area contributed by atoms with Gasteiger partial charge in [0.25, 0.3) is 0 Å². The molecule has 0 radical (unpaired) electrons. The fraction of sp³-hybridized carbons (Fsp3) is 0.571. The number of alkyl halides is 1. The first-order valence-electron chi connectivity index (χ1n) is 6.41. The smallest absolute Gasteiger partial charge is 0.165 e. The van der Waals surface area contributed by atoms with Crippen LogP contribution in [0.15, 0.2) is 12.1 Å². The van der Waals surface area contributed by atoms with Crippen LogP contribution in [0.2, 0.25) is 5.02 Å². The van der Waals surface area contributed by atoms with Crippen molar-refractivity contribution in [2.24, 2.45) is 0 Å². The van der Waals surface area contributed by atoms with Crippen molar-refractivity contribution in [2.75, 3.05) is 20.3 Å². The van der Waals surface area contributed by atoms with Gasteiger partial charge >= 0.3 is 0 Å². The van der Waals surface area contributed by atoms with E-state index in [0.29, 0.717) is 28.8 Å². The van der Waals surface area contributed by atoms with Crippen molar-refractivity contribution < 1.29 is 14.2 Å². The van der Waals surface area contributed by atoms with Crippen molar-refractivity contribution in [2.45, 2.75) is 30.7 Å². The molecule has 1 aromatic carbocycles. The molecule has 1 aliphatic rings. The Morgan fingerprint density at radius 3 is 2.95 bits per heavy atom. The molecule has 3 nitrogen and oxygen atoms in total. The summed E-state index contributed by atoms with van der Waals surface area (Å²) in [5, 5.41) is 1.33. The third kappa shape index (κ3) is 4.01. The molecular weight excluding hydrogens is 332 g/mol. The summed E-state index contributed by atoms with van der Waals surface area (Å²) in [5.41, 5.74) is 0.997. The Morgan fingerprint density at radius 1 is 1.47 bits per heavy atom. The largest absolute Gasteiger partial charge is 0.493 e. The summed E-state index contributed by atoms with van der Waals surface area (Å²) in [6, 6.07) is 3.66. The Labute approximate surface area is 127 Å². The maximum absolute atomic E-state index is 6.04. The fourth-order valence-electron chi connectivity index (χ4n) is 2.20. The van der Waals surface area contributed by atoms with E-state index in [0.717, 1.165) is 37.2 Å². The molecule has 106 valence electrons. The van der Waals surface area contributed by atoms with Gasteiger partial charge in [0.2, 0.25) is 0 Å². The van der Waals surface area contributed by atoms with Crippen LogP contribution in [0.4, 0.5) is 0 Å². The molecule has 1 fully saturated rings. The minimum Gasteiger partial charge on any atom is -0.493 e. The maximum atomic E-state index is 6.04. The number of hydrogen-bond donors (Lipinski definition) is 0. The third-order valence-corrected chi connectivity index (χ3v) is 3.99. The van der Waals surface area contributed by atoms with Crippen LogP contribution in [0, 0.1) is 0 Å². The van der Waals surface area contributed by atoms with Gasteiger partial charge in [0.05, 0.1) is 19.8 Å². The topological polar surface area (TPSA) is 27.7 Å². The normalized spacial score (nSPS) is 18.6. The maximum Gasteiger partial charge on any atom is 0.165 e. The SMILES string of the molecule is COc1cc(Cl)cc(CBr)c1OCCC1CCCO1. The monoisotopic (exact) mass is 348 g/mol. The Kier molecular flexibility index (Phi) is 5.79. The molecular formula is C14H18BrClO3. The molecule has 1 atom stereocenters. The number of methoxy groups -OCH3 is 1. The molecule has 19 heavy (non-hydrogen) atoms. The molecule has 1 saturated heterocycles. The minimum absolute atomic E-state index is 0.339. The number of halogens is 2. The first-order valence-corrected chi connectivity index (χ1v) is 7.91. The van der Waals surface area contributed by atoms with Crippen LogP contribution in [-0.4, -0.2) is 26.4 Å². The van der Waals surface area contributed by atoms with Crippen LogP contribution < -0.4 is 9.47 Å². The highest BCUT2D eigenvalue weighted by molar-refractivity contribution is 9.08. The summed E-state index contributed by atoms with van der Waals surface area (Å²) >= 11 is 9.49. The van der Waals surface area contributed by atoms with E-state index in [-0.39, 0.29) is 0 Å². The lowest BCUT2D eigenvalue weighted by molar-refractivity contribution is 0.0897. The van der Waals surface area contributed by atoms with Crippen molar-refractivity contribution in [1.82, 2.24) is 0 Å². The summed E-state index contributed by atoms with van der Waals surface area (Å²) in [5.74, 6) is 1.44. The van der Waals surface area contributed by atoms with Gasteiger partial charge in [-0.05, 0) is 18.9 Å². The summed E-state index contributed by atoms with van der Waals surface area (Å²) in [6.07, 6.45) is 3.53. The lowest BCUT2D eigenvalue weighted by Gasteiger charge is -2.16. The van der Waals surface area contributed by atoms with Gasteiger partial charge in [0.15, 0.2) is 11.5 Å². The van der Waals surface area contributed by atoms with E-state index in [1.54, 1.807) is 13.2 Å². The standard InChI is InChI=1S/C14H18BrClO3/c1-17-13-8-11(16)7-10(9-15)14(13)19-6-4-12-3-2-5-18-12/h7-8,12H,2-6,9H2,1H3. The molecule has 0 amide bonds. The van der Waals surface area contributed by atoms with E-state index in [1.807, 2.05) is 6.07 Å². The first kappa shape index (κ1) is 14.9. The van der Waals surface area contributed by atoms with Crippen molar-refractivity contribution >= 4 is 27.5 Å². The highest BCUT2D eigenvalue weighted by Crippen LogP contribution is 2.36. The molecule has 1 aromatic rings. The van der Waals surface area contributed by atoms with Gasteiger partial charge in [-0.25, -0.2) is 0 Å². The fourth-order valence-corrected chi connectivity index (χ4v) is 2.85. The van der Waals surface area contributed by atoms with Gasteiger partial charge in [0, 0.05) is 35.0 Å². The number of rotatable bonds is 6. The predicted octanol–water partition coefficient (Wildman–Crippen LogP) is 4.19. The summed E-state index contributed by atoms with van der Waals surface area (Å²) in [4.78, 5) is 0. The number of benzene rings is 1. The molecule has 0 saturated carbocycles. The Morgan fingerprint density at radius 2 is 2.32 bits per heavy atom. The molecule has 0 aliphatic carbocycles. The molecule has 2 rings (SSSR count). The summed E-state index contributed by atoms with van der Waals surface area (Å²) in [7, 11) is 1.62. The highest BCUT2D eigenvalue weighted by atomic mass is 79.9. The molecule has 0 aromatic heterocycles. The molecule has 1 unspecified atom stereocenters. The predicted molar refractivity (Wildman–Crippen MR) is 79.7 cm³/mol. The second kappa shape index (κ2) is 7.36. The second-order valence-electron chi connectivity index (χ2n) is 4.50. The van der Waals surface area contributed by atoms with Gasteiger partial charge in [-0.3, -0.25) is 0 Å². The van der Waals surface area contributed by atoms with E-state index >= 15 is 0 Å². The average Bonchev–Trinajstić information content (AvgIpc) is 2.92. The first-order chi connectivity index (χ1) is 9.24. The molecule has 0 bridgehead atoms. The van der Waals surface area contributed by atoms with Crippen LogP contribution in [-0.2, 0) is 10.1 Å². The zero-order valence-electron chi connectivity index (χ0n) is 11.0. The van der Waals surface area contributed by atoms with Gasteiger partial charge in [0.1, 0.15) is 0 Å². The highest BCUT2D eigenvalue weighted by Gasteiger charge is 2.17. The quantitative estimate of drug-likeness (QED) is 0.721. The van der Waals surface area contributed by atoms with Crippen molar-refractivity contribution in [1.29, 1.82) is 0 Å². The molecule has 1 heterocycles. The second-order valence-corrected chi connectivity index (χ2v) is 5.50. The Balaban J connectivity index is 2.00. The van der Waals surface area contributed by atoms with Crippen LogP contribution in [0.5, 0.6) is 11.5 Å². The van der Waals surface area contributed by atoms with Crippen molar-refractivity contribution in [3.63, 3.8) is 0 Å². The summed E-state index contributed by atoms with van der Waals surface area (Å²) in [6.45, 7) is 1.50. The number of ether oxygens (including phenoxy) is 3. The number of hydrogen-bond acceptors (Lipinski definition) is 3. The lowest BCUT2D eigenvalue weighted by Crippen LogP contribution is -2.11. The van der Waals surface area contributed by atoms with Gasteiger partial charge in [-0.15, -0.1) is 0 Å². The zero-order chi connectivity index (χ0) is 13.7. The molecule has 5 heteroatoms. The third-order valence-electron chi connectivity index (χ3n) is 3.17. The van der Waals surface area contributed by atoms with Gasteiger partial charge in [-0.1, -0.05) is 27.5 Å². The van der Waals surface area contributed by atoms with E-state index < -0.39 is 0 Å². The minimum atomic E-state index is 0.339. The Hall–Kier alpha value is -0.450. The van der Waals surface area contributed by atoms with Crippen molar-refractivity contribution in [3.8, 4) is 11.5 Å². The van der Waals surface area contributed by atoms with Crippen LogP contribution >= 0.6 is 27.5 Å². The summed E-state index contributed by atoms with van der Waals surface area (Å²) < 4.78 is 16.8. The molecule has 0 N–H and O–H groups in total. The van der Waals surface area contributed by atoms with Crippen molar-refractivity contribution in [3.05, 3.63) is 22.7 Å². The van der Waals surface area contributed by atoms with E-state index in [4.69, 9.17) is 25.8 Å². The van der Waals surface area contributed by atoms with E-state index in [1.165, 1.54) is 0 Å². The van der Waals surface area contributed by atoms with Gasteiger partial charge in [-0.2, -0.15) is 0 Å². The van der Waals surface area contributed by atoms with Gasteiger partial charge < -0.3 is 14.2 Å². The van der Waals surface area contributed by atoms with E-state index in [9.17, 15) is 0 Å². The Bertz CT molecular complexity index is 394. The molecule has 0 spiro atoms. The lowest BCUT2D eigenvalue weighted by atomic mass is 10.2. The van der Waals surface area contributed by atoms with Crippen LogP contribution in [0.3, 0.4) is 0 Å². The average molecular weight is 350 g/mol. The van der Waals surface area contributed by atoms with Crippen LogP contribution in [0.25, 0.3) is 0 Å². The van der Waals surface area contributed by atoms with Crippen LogP contribution in [0.1, 0.15) is 24.8 Å².